The van der Waals surface area contributed by atoms with Gasteiger partial charge in [0.15, 0.2) is 0 Å². The molecule has 0 bridgehead atoms. The van der Waals surface area contributed by atoms with E-state index in [1.165, 1.54) is 13.0 Å². The van der Waals surface area contributed by atoms with Crippen molar-refractivity contribution in [1.82, 2.24) is 0 Å². The van der Waals surface area contributed by atoms with Crippen LogP contribution in [0.3, 0.4) is 0 Å². The highest BCUT2D eigenvalue weighted by Crippen LogP contribution is 2.36. The first-order valence-corrected chi connectivity index (χ1v) is 9.59. The van der Waals surface area contributed by atoms with Crippen LogP contribution in [0.4, 0.5) is 0 Å². The fourth-order valence-corrected chi connectivity index (χ4v) is 3.42. The minimum atomic E-state index is -0.735. The highest BCUT2D eigenvalue weighted by Gasteiger charge is 2.44. The van der Waals surface area contributed by atoms with Gasteiger partial charge in [-0.2, -0.15) is 0 Å². The van der Waals surface area contributed by atoms with Crippen molar-refractivity contribution in [3.05, 3.63) is 47.1 Å². The van der Waals surface area contributed by atoms with Crippen LogP contribution in [0.2, 0.25) is 0 Å². The normalized spacial score (nSPS) is 27.2. The third-order valence-corrected chi connectivity index (χ3v) is 4.97. The van der Waals surface area contributed by atoms with Crippen LogP contribution < -0.4 is 0 Å². The number of carbonyl (C=O) groups excluding carboxylic acids is 3. The van der Waals surface area contributed by atoms with Gasteiger partial charge in [0.05, 0.1) is 18.1 Å². The summed E-state index contributed by atoms with van der Waals surface area (Å²) in [4.78, 5) is 35.7. The molecule has 2 aliphatic rings. The minimum absolute atomic E-state index is 0.0240. The molecular formula is C22H28O7. The third-order valence-electron chi connectivity index (χ3n) is 4.97. The lowest BCUT2D eigenvalue weighted by atomic mass is 9.85. The fraction of sp³-hybridized carbons (Fsp3) is 0.500. The topological polar surface area (TPSA) is 99.1 Å². The van der Waals surface area contributed by atoms with Crippen LogP contribution in [0, 0.1) is 5.92 Å². The molecule has 1 saturated heterocycles. The Balaban J connectivity index is 2.29. The van der Waals surface area contributed by atoms with Gasteiger partial charge in [-0.3, -0.25) is 4.79 Å². The minimum Gasteiger partial charge on any atom is -0.462 e. The van der Waals surface area contributed by atoms with E-state index in [0.717, 1.165) is 24.0 Å². The number of fused-ring (bicyclic) bond motifs is 1. The molecule has 2 rings (SSSR count). The molecular weight excluding hydrogens is 376 g/mol. The number of carbonyl (C=O) groups is 3. The van der Waals surface area contributed by atoms with Crippen LogP contribution in [0.5, 0.6) is 0 Å². The van der Waals surface area contributed by atoms with E-state index in [1.54, 1.807) is 0 Å². The Hall–Kier alpha value is -2.67. The lowest BCUT2D eigenvalue weighted by Gasteiger charge is -2.27. The molecule has 0 aromatic carbocycles. The summed E-state index contributed by atoms with van der Waals surface area (Å²) >= 11 is 0. The molecule has 7 heteroatoms. The van der Waals surface area contributed by atoms with Crippen molar-refractivity contribution in [3.63, 3.8) is 0 Å². The monoisotopic (exact) mass is 404 g/mol. The summed E-state index contributed by atoms with van der Waals surface area (Å²) < 4.78 is 15.9. The number of hydrogen-bond donors (Lipinski definition) is 1. The second-order valence-corrected chi connectivity index (χ2v) is 7.36. The Kier molecular flexibility index (Phi) is 7.96. The molecule has 7 nitrogen and oxygen atoms in total. The Morgan fingerprint density at radius 3 is 2.72 bits per heavy atom. The number of allylic oxidation sites excluding steroid dienone is 2. The summed E-state index contributed by atoms with van der Waals surface area (Å²) in [7, 11) is 0. The molecule has 1 heterocycles. The zero-order valence-corrected chi connectivity index (χ0v) is 17.1. The SMILES string of the molecule is C=C1C(=O)O[C@@H]2C=C(C)CC/C=C(\C)C[C@@H](OC(=O)/C(=C/COC(C)=O)CO)[C@@H]12. The van der Waals surface area contributed by atoms with Gasteiger partial charge in [-0.25, -0.2) is 9.59 Å². The van der Waals surface area contributed by atoms with Crippen LogP contribution in [-0.4, -0.2) is 48.4 Å². The maximum atomic E-state index is 12.6. The molecule has 0 unspecified atom stereocenters. The third kappa shape index (κ3) is 6.15. The molecule has 158 valence electrons. The maximum absolute atomic E-state index is 12.6. The van der Waals surface area contributed by atoms with Crippen LogP contribution in [0.1, 0.15) is 40.0 Å². The van der Waals surface area contributed by atoms with E-state index in [4.69, 9.17) is 14.2 Å². The molecule has 1 fully saturated rings. The highest BCUT2D eigenvalue weighted by molar-refractivity contribution is 5.92. The summed E-state index contributed by atoms with van der Waals surface area (Å²) in [6, 6.07) is 0. The molecule has 0 radical (unpaired) electrons. The first-order chi connectivity index (χ1) is 13.7. The quantitative estimate of drug-likeness (QED) is 0.325. The van der Waals surface area contributed by atoms with Crippen LogP contribution in [0.15, 0.2) is 47.1 Å². The molecule has 0 aromatic heterocycles. The van der Waals surface area contributed by atoms with Crippen molar-refractivity contribution in [1.29, 1.82) is 0 Å². The number of hydrogen-bond acceptors (Lipinski definition) is 7. The number of ether oxygens (including phenoxy) is 3. The van der Waals surface area contributed by atoms with Crippen molar-refractivity contribution in [2.75, 3.05) is 13.2 Å². The fourth-order valence-electron chi connectivity index (χ4n) is 3.42. The van der Waals surface area contributed by atoms with Gasteiger partial charge in [0.25, 0.3) is 0 Å². The summed E-state index contributed by atoms with van der Waals surface area (Å²) in [5.74, 6) is -2.25. The van der Waals surface area contributed by atoms with Crippen molar-refractivity contribution >= 4 is 17.9 Å². The number of aliphatic hydroxyl groups is 1. The van der Waals surface area contributed by atoms with E-state index in [1.807, 2.05) is 19.9 Å². The van der Waals surface area contributed by atoms with Crippen LogP contribution in [0.25, 0.3) is 0 Å². The zero-order valence-electron chi connectivity index (χ0n) is 17.1. The second-order valence-electron chi connectivity index (χ2n) is 7.36. The molecule has 0 saturated carbocycles. The van der Waals surface area contributed by atoms with Gasteiger partial charge in [0.1, 0.15) is 18.8 Å². The lowest BCUT2D eigenvalue weighted by molar-refractivity contribution is -0.148. The van der Waals surface area contributed by atoms with Gasteiger partial charge in [0.2, 0.25) is 0 Å². The van der Waals surface area contributed by atoms with Crippen molar-refractivity contribution in [2.24, 2.45) is 5.92 Å². The number of esters is 3. The number of aliphatic hydroxyl groups excluding tert-OH is 1. The number of rotatable bonds is 5. The predicted molar refractivity (Wildman–Crippen MR) is 106 cm³/mol. The summed E-state index contributed by atoms with van der Waals surface area (Å²) in [5.41, 5.74) is 2.34. The van der Waals surface area contributed by atoms with E-state index in [9.17, 15) is 19.5 Å². The Morgan fingerprint density at radius 1 is 1.34 bits per heavy atom. The molecule has 29 heavy (non-hydrogen) atoms. The van der Waals surface area contributed by atoms with E-state index < -0.39 is 42.6 Å². The molecule has 1 N–H and O–H groups in total. The average Bonchev–Trinajstić information content (AvgIpc) is 2.91. The van der Waals surface area contributed by atoms with E-state index in [-0.39, 0.29) is 17.8 Å². The van der Waals surface area contributed by atoms with E-state index in [0.29, 0.717) is 6.42 Å². The highest BCUT2D eigenvalue weighted by atomic mass is 16.6. The molecule has 1 aliphatic carbocycles. The second kappa shape index (κ2) is 10.2. The molecule has 1 aliphatic heterocycles. The van der Waals surface area contributed by atoms with Gasteiger partial charge in [-0.1, -0.05) is 23.8 Å². The zero-order chi connectivity index (χ0) is 21.6. The summed E-state index contributed by atoms with van der Waals surface area (Å²) in [6.07, 6.45) is 6.14. The smallest absolute Gasteiger partial charge is 0.336 e. The molecule has 3 atom stereocenters. The maximum Gasteiger partial charge on any atom is 0.336 e. The molecule has 0 aromatic rings. The van der Waals surface area contributed by atoms with Gasteiger partial charge < -0.3 is 19.3 Å². The van der Waals surface area contributed by atoms with Gasteiger partial charge in [0, 0.05) is 18.9 Å². The van der Waals surface area contributed by atoms with E-state index >= 15 is 0 Å². The van der Waals surface area contributed by atoms with Crippen LogP contribution in [-0.2, 0) is 28.6 Å². The van der Waals surface area contributed by atoms with Crippen molar-refractivity contribution in [3.8, 4) is 0 Å². The Bertz CT molecular complexity index is 772. The van der Waals surface area contributed by atoms with Gasteiger partial charge in [-0.05, 0) is 38.8 Å². The standard InChI is InChI=1S/C22H28O7/c1-13-6-5-7-14(2)11-19(20-15(3)21(25)28-18(20)10-13)29-22(26)17(12-23)8-9-27-16(4)24/h7-8,10,18-20,23H,3,5-6,9,11-12H2,1-2,4H3/b13-10?,14-7+,17-8+/t18-,19-,20+/m1/s1. The van der Waals surface area contributed by atoms with Gasteiger partial charge in [-0.15, -0.1) is 0 Å². The largest absolute Gasteiger partial charge is 0.462 e. The lowest BCUT2D eigenvalue weighted by Crippen LogP contribution is -2.34. The van der Waals surface area contributed by atoms with E-state index in [2.05, 4.69) is 12.7 Å². The average molecular weight is 404 g/mol. The van der Waals surface area contributed by atoms with Crippen molar-refractivity contribution in [2.45, 2.75) is 52.2 Å². The summed E-state index contributed by atoms with van der Waals surface area (Å²) in [5, 5.41) is 9.52. The Labute approximate surface area is 170 Å². The molecule has 0 spiro atoms. The van der Waals surface area contributed by atoms with Crippen molar-refractivity contribution < 1.29 is 33.7 Å². The van der Waals surface area contributed by atoms with Crippen LogP contribution >= 0.6 is 0 Å². The Morgan fingerprint density at radius 2 is 2.07 bits per heavy atom. The first-order valence-electron chi connectivity index (χ1n) is 9.59. The first kappa shape index (κ1) is 22.6. The van der Waals surface area contributed by atoms with Gasteiger partial charge >= 0.3 is 17.9 Å². The summed E-state index contributed by atoms with van der Waals surface area (Å²) in [6.45, 7) is 8.31. The predicted octanol–water partition coefficient (Wildman–Crippen LogP) is 2.55. The molecule has 0 amide bonds.